The summed E-state index contributed by atoms with van der Waals surface area (Å²) in [5, 5.41) is 12.3. The number of carbonyl (C=O) groups is 1. The van der Waals surface area contributed by atoms with Gasteiger partial charge >= 0.3 is 5.97 Å². The Labute approximate surface area is 109 Å². The summed E-state index contributed by atoms with van der Waals surface area (Å²) in [6.45, 7) is 0. The SMILES string of the molecule is O=C(O)c1noc(C2C3CCc4ccccc4C32)n1. The first-order valence-corrected chi connectivity index (χ1v) is 6.40. The Morgan fingerprint density at radius 1 is 1.32 bits per heavy atom. The molecule has 0 aliphatic heterocycles. The number of rotatable bonds is 2. The molecule has 0 saturated heterocycles. The molecule has 1 heterocycles. The standard InChI is InChI=1S/C14H12N2O3/c17-14(18)12-15-13(19-16-12)11-9-6-5-7-3-1-2-4-8(7)10(9)11/h1-4,9-11H,5-6H2,(H,17,18). The van der Waals surface area contributed by atoms with Crippen LogP contribution in [0.15, 0.2) is 28.8 Å². The molecule has 5 heteroatoms. The van der Waals surface area contributed by atoms with Crippen LogP contribution in [-0.4, -0.2) is 21.2 Å². The summed E-state index contributed by atoms with van der Waals surface area (Å²) < 4.78 is 5.11. The summed E-state index contributed by atoms with van der Waals surface area (Å²) in [6, 6.07) is 8.43. The second kappa shape index (κ2) is 3.66. The monoisotopic (exact) mass is 256 g/mol. The minimum Gasteiger partial charge on any atom is -0.475 e. The van der Waals surface area contributed by atoms with Crippen LogP contribution in [-0.2, 0) is 6.42 Å². The second-order valence-electron chi connectivity index (χ2n) is 5.21. The number of hydrogen-bond acceptors (Lipinski definition) is 4. The molecular formula is C14H12N2O3. The molecule has 5 nitrogen and oxygen atoms in total. The van der Waals surface area contributed by atoms with E-state index in [1.165, 1.54) is 11.1 Å². The van der Waals surface area contributed by atoms with Gasteiger partial charge in [0.1, 0.15) is 0 Å². The van der Waals surface area contributed by atoms with Gasteiger partial charge in [-0.05, 0) is 41.0 Å². The number of hydrogen-bond donors (Lipinski definition) is 1. The van der Waals surface area contributed by atoms with Crippen molar-refractivity contribution in [2.75, 3.05) is 0 Å². The van der Waals surface area contributed by atoms with E-state index in [1.54, 1.807) is 0 Å². The molecule has 1 fully saturated rings. The molecule has 0 amide bonds. The molecule has 2 aliphatic carbocycles. The van der Waals surface area contributed by atoms with E-state index in [0.29, 0.717) is 17.7 Å². The van der Waals surface area contributed by atoms with Crippen molar-refractivity contribution in [3.05, 3.63) is 47.1 Å². The summed E-state index contributed by atoms with van der Waals surface area (Å²) in [6.07, 6.45) is 2.19. The number of aromatic nitrogens is 2. The first kappa shape index (κ1) is 10.7. The zero-order valence-electron chi connectivity index (χ0n) is 10.1. The summed E-state index contributed by atoms with van der Waals surface area (Å²) in [5.41, 5.74) is 2.75. The molecule has 0 spiro atoms. The molecular weight excluding hydrogens is 244 g/mol. The molecule has 1 saturated carbocycles. The average molecular weight is 256 g/mol. The van der Waals surface area contributed by atoms with Crippen molar-refractivity contribution in [1.29, 1.82) is 0 Å². The number of fused-ring (bicyclic) bond motifs is 3. The van der Waals surface area contributed by atoms with Crippen molar-refractivity contribution in [2.45, 2.75) is 24.7 Å². The smallest absolute Gasteiger partial charge is 0.377 e. The minimum absolute atomic E-state index is 0.198. The first-order valence-electron chi connectivity index (χ1n) is 6.40. The largest absolute Gasteiger partial charge is 0.475 e. The quantitative estimate of drug-likeness (QED) is 0.891. The highest BCUT2D eigenvalue weighted by Gasteiger charge is 2.56. The Hall–Kier alpha value is -2.17. The van der Waals surface area contributed by atoms with Crippen LogP contribution in [0.4, 0.5) is 0 Å². The minimum atomic E-state index is -1.14. The van der Waals surface area contributed by atoms with Crippen molar-refractivity contribution in [1.82, 2.24) is 10.1 Å². The Kier molecular flexibility index (Phi) is 2.07. The predicted molar refractivity (Wildman–Crippen MR) is 65.0 cm³/mol. The van der Waals surface area contributed by atoms with Gasteiger partial charge in [-0.2, -0.15) is 4.98 Å². The highest BCUT2D eigenvalue weighted by molar-refractivity contribution is 5.82. The molecule has 1 aromatic carbocycles. The highest BCUT2D eigenvalue weighted by Crippen LogP contribution is 2.64. The van der Waals surface area contributed by atoms with Crippen molar-refractivity contribution < 1.29 is 14.4 Å². The van der Waals surface area contributed by atoms with Crippen molar-refractivity contribution >= 4 is 5.97 Å². The van der Waals surface area contributed by atoms with Crippen LogP contribution in [0, 0.1) is 5.92 Å². The molecule has 4 rings (SSSR count). The normalized spacial score (nSPS) is 27.5. The molecule has 2 aromatic rings. The molecule has 0 bridgehead atoms. The molecule has 1 N–H and O–H groups in total. The average Bonchev–Trinajstić information content (AvgIpc) is 2.96. The van der Waals surface area contributed by atoms with E-state index >= 15 is 0 Å². The summed E-state index contributed by atoms with van der Waals surface area (Å²) in [5.74, 6) is 0.239. The maximum Gasteiger partial charge on any atom is 0.377 e. The molecule has 19 heavy (non-hydrogen) atoms. The van der Waals surface area contributed by atoms with Gasteiger partial charge in [0, 0.05) is 5.92 Å². The lowest BCUT2D eigenvalue weighted by Crippen LogP contribution is -2.00. The van der Waals surface area contributed by atoms with E-state index in [0.717, 1.165) is 12.8 Å². The van der Waals surface area contributed by atoms with Gasteiger partial charge in [0.05, 0.1) is 0 Å². The Morgan fingerprint density at radius 3 is 2.95 bits per heavy atom. The number of nitrogens with zero attached hydrogens (tertiary/aromatic N) is 2. The van der Waals surface area contributed by atoms with Crippen LogP contribution in [0.25, 0.3) is 0 Å². The van der Waals surface area contributed by atoms with Gasteiger partial charge in [0.2, 0.25) is 5.89 Å². The van der Waals surface area contributed by atoms with E-state index in [4.69, 9.17) is 9.63 Å². The van der Waals surface area contributed by atoms with Gasteiger partial charge in [0.25, 0.3) is 5.82 Å². The number of carboxylic acids is 1. The van der Waals surface area contributed by atoms with Crippen LogP contribution in [0.3, 0.4) is 0 Å². The zero-order valence-corrected chi connectivity index (χ0v) is 10.1. The summed E-state index contributed by atoms with van der Waals surface area (Å²) in [7, 11) is 0. The van der Waals surface area contributed by atoms with E-state index in [9.17, 15) is 4.79 Å². The Bertz CT molecular complexity index is 664. The van der Waals surface area contributed by atoms with Crippen molar-refractivity contribution in [3.8, 4) is 0 Å². The summed E-state index contributed by atoms with van der Waals surface area (Å²) in [4.78, 5) is 14.8. The van der Waals surface area contributed by atoms with Crippen LogP contribution in [0.1, 0.15) is 45.9 Å². The molecule has 2 aliphatic rings. The maximum absolute atomic E-state index is 10.8. The fraction of sp³-hybridized carbons (Fsp3) is 0.357. The lowest BCUT2D eigenvalue weighted by Gasteiger charge is -2.13. The predicted octanol–water partition coefficient (Wildman–Crippen LogP) is 2.21. The van der Waals surface area contributed by atoms with Crippen molar-refractivity contribution in [3.63, 3.8) is 0 Å². The molecule has 1 aromatic heterocycles. The third-order valence-corrected chi connectivity index (χ3v) is 4.25. The van der Waals surface area contributed by atoms with Crippen LogP contribution in [0.5, 0.6) is 0 Å². The number of benzene rings is 1. The fourth-order valence-electron chi connectivity index (χ4n) is 3.36. The third-order valence-electron chi connectivity index (χ3n) is 4.25. The fourth-order valence-corrected chi connectivity index (χ4v) is 3.36. The maximum atomic E-state index is 10.8. The van der Waals surface area contributed by atoms with Gasteiger partial charge in [-0.3, -0.25) is 0 Å². The van der Waals surface area contributed by atoms with E-state index in [1.807, 2.05) is 6.07 Å². The van der Waals surface area contributed by atoms with Crippen LogP contribution >= 0.6 is 0 Å². The molecule has 0 radical (unpaired) electrons. The zero-order chi connectivity index (χ0) is 13.0. The lowest BCUT2D eigenvalue weighted by atomic mass is 9.92. The van der Waals surface area contributed by atoms with Gasteiger partial charge in [0.15, 0.2) is 0 Å². The Morgan fingerprint density at radius 2 is 2.16 bits per heavy atom. The third kappa shape index (κ3) is 1.51. The van der Waals surface area contributed by atoms with E-state index < -0.39 is 5.97 Å². The van der Waals surface area contributed by atoms with Gasteiger partial charge in [-0.25, -0.2) is 4.79 Å². The molecule has 96 valence electrons. The molecule has 3 atom stereocenters. The summed E-state index contributed by atoms with van der Waals surface area (Å²) >= 11 is 0. The number of carboxylic acid groups (broad SMARTS) is 1. The topological polar surface area (TPSA) is 76.2 Å². The van der Waals surface area contributed by atoms with E-state index in [2.05, 4.69) is 28.3 Å². The van der Waals surface area contributed by atoms with Gasteiger partial charge in [-0.1, -0.05) is 24.3 Å². The molecule has 3 unspecified atom stereocenters. The number of aryl methyl sites for hydroxylation is 1. The second-order valence-corrected chi connectivity index (χ2v) is 5.21. The lowest BCUT2D eigenvalue weighted by molar-refractivity contribution is 0.0680. The highest BCUT2D eigenvalue weighted by atomic mass is 16.5. The first-order chi connectivity index (χ1) is 9.25. The van der Waals surface area contributed by atoms with Crippen LogP contribution in [0.2, 0.25) is 0 Å². The van der Waals surface area contributed by atoms with Crippen molar-refractivity contribution in [2.24, 2.45) is 5.92 Å². The van der Waals surface area contributed by atoms with Crippen LogP contribution < -0.4 is 0 Å². The van der Waals surface area contributed by atoms with Gasteiger partial charge in [-0.15, -0.1) is 0 Å². The van der Waals surface area contributed by atoms with E-state index in [-0.39, 0.29) is 11.7 Å². The Balaban J connectivity index is 1.68. The van der Waals surface area contributed by atoms with Gasteiger partial charge < -0.3 is 9.63 Å². The number of aromatic carboxylic acids is 1.